The molecule has 0 aliphatic heterocycles. The van der Waals surface area contributed by atoms with Gasteiger partial charge in [-0.2, -0.15) is 0 Å². The van der Waals surface area contributed by atoms with Gasteiger partial charge in [-0.15, -0.1) is 5.01 Å². The van der Waals surface area contributed by atoms with E-state index in [0.29, 0.717) is 30.8 Å². The van der Waals surface area contributed by atoms with Gasteiger partial charge in [-0.05, 0) is 40.5 Å². The molecule has 7 heteroatoms. The lowest BCUT2D eigenvalue weighted by Gasteiger charge is -2.29. The molecule has 0 spiro atoms. The van der Waals surface area contributed by atoms with Crippen LogP contribution in [-0.2, 0) is 9.63 Å². The lowest BCUT2D eigenvalue weighted by atomic mass is 10.1. The second-order valence-corrected chi connectivity index (χ2v) is 5.80. The van der Waals surface area contributed by atoms with Crippen molar-refractivity contribution in [2.45, 2.75) is 58.6 Å². The molecular weight excluding hydrogens is 250 g/mol. The Bertz CT molecular complexity index is 351. The maximum Gasteiger partial charge on any atom is 0.306 e. The van der Waals surface area contributed by atoms with Crippen LogP contribution < -0.4 is 0 Å². The van der Waals surface area contributed by atoms with Crippen molar-refractivity contribution < 1.29 is 19.7 Å². The van der Waals surface area contributed by atoms with Gasteiger partial charge in [0.1, 0.15) is 6.10 Å². The van der Waals surface area contributed by atoms with Gasteiger partial charge in [0.25, 0.3) is 0 Å². The Morgan fingerprint density at radius 3 is 2.58 bits per heavy atom. The molecule has 2 atom stereocenters. The minimum absolute atomic E-state index is 0.281. The zero-order valence-electron chi connectivity index (χ0n) is 12.0. The summed E-state index contributed by atoms with van der Waals surface area (Å²) in [6.45, 7) is 8.11. The number of hydrogen-bond acceptors (Lipinski definition) is 4. The fraction of sp³-hybridized carbons (Fsp3) is 0.917. The maximum absolute atomic E-state index is 11.8. The predicted molar refractivity (Wildman–Crippen MR) is 68.0 cm³/mol. The molecule has 110 valence electrons. The molecule has 0 heterocycles. The number of carboxylic acids is 1. The molecule has 1 N–H and O–H groups in total. The van der Waals surface area contributed by atoms with E-state index in [4.69, 9.17) is 9.94 Å². The lowest BCUT2D eigenvalue weighted by molar-refractivity contribution is -0.725. The van der Waals surface area contributed by atoms with Gasteiger partial charge >= 0.3 is 5.97 Å². The second kappa shape index (κ2) is 6.08. The molecule has 1 aliphatic rings. The largest absolute Gasteiger partial charge is 0.569 e. The van der Waals surface area contributed by atoms with E-state index in [2.05, 4.69) is 5.28 Å². The summed E-state index contributed by atoms with van der Waals surface area (Å²) in [5.41, 5.74) is -0.345. The zero-order chi connectivity index (χ0) is 14.6. The van der Waals surface area contributed by atoms with Crippen LogP contribution in [0.25, 0.3) is 0 Å². The molecule has 0 radical (unpaired) electrons. The smallest absolute Gasteiger partial charge is 0.306 e. The molecule has 0 amide bonds. The third-order valence-corrected chi connectivity index (χ3v) is 3.28. The molecule has 0 bridgehead atoms. The van der Waals surface area contributed by atoms with Crippen LogP contribution in [0.1, 0.15) is 47.0 Å². The van der Waals surface area contributed by atoms with E-state index < -0.39 is 5.97 Å². The van der Waals surface area contributed by atoms with Gasteiger partial charge in [-0.25, -0.2) is 0 Å². The maximum atomic E-state index is 11.8. The SMILES string of the molecule is CCN(/[N+]([O-])=N/OC1CC[C@H](C(=O)O)C1)C(C)(C)C. The van der Waals surface area contributed by atoms with Crippen LogP contribution in [0.3, 0.4) is 0 Å². The van der Waals surface area contributed by atoms with Crippen LogP contribution in [0.2, 0.25) is 0 Å². The molecule has 1 unspecified atom stereocenters. The summed E-state index contributed by atoms with van der Waals surface area (Å²) in [4.78, 5) is 16.4. The van der Waals surface area contributed by atoms with Gasteiger partial charge in [-0.3, -0.25) is 4.79 Å². The highest BCUT2D eigenvalue weighted by molar-refractivity contribution is 5.70. The fourth-order valence-electron chi connectivity index (χ4n) is 2.26. The number of carbonyl (C=O) groups is 1. The van der Waals surface area contributed by atoms with Gasteiger partial charge in [0.2, 0.25) is 5.28 Å². The number of nitrogens with zero attached hydrogens (tertiary/aromatic N) is 3. The first-order valence-electron chi connectivity index (χ1n) is 6.60. The highest BCUT2D eigenvalue weighted by Crippen LogP contribution is 2.28. The number of carboxylic acid groups (broad SMARTS) is 1. The van der Waals surface area contributed by atoms with Crippen molar-refractivity contribution in [3.63, 3.8) is 0 Å². The summed E-state index contributed by atoms with van der Waals surface area (Å²) in [5, 5.41) is 25.8. The van der Waals surface area contributed by atoms with Crippen LogP contribution in [0.15, 0.2) is 5.28 Å². The Morgan fingerprint density at radius 1 is 1.53 bits per heavy atom. The molecule has 1 aliphatic carbocycles. The molecule has 1 saturated carbocycles. The van der Waals surface area contributed by atoms with Crippen molar-refractivity contribution in [3.8, 4) is 0 Å². The first kappa shape index (κ1) is 15.5. The Kier molecular flexibility index (Phi) is 4.97. The van der Waals surface area contributed by atoms with Crippen molar-refractivity contribution >= 4 is 5.97 Å². The molecule has 0 saturated heterocycles. The van der Waals surface area contributed by atoms with Gasteiger partial charge in [-0.1, -0.05) is 0 Å². The van der Waals surface area contributed by atoms with Crippen LogP contribution in [0.4, 0.5) is 0 Å². The summed E-state index contributed by atoms with van der Waals surface area (Å²) in [7, 11) is 0. The third kappa shape index (κ3) is 4.25. The second-order valence-electron chi connectivity index (χ2n) is 5.80. The van der Waals surface area contributed by atoms with E-state index in [1.54, 1.807) is 0 Å². The van der Waals surface area contributed by atoms with E-state index in [-0.39, 0.29) is 17.6 Å². The summed E-state index contributed by atoms with van der Waals surface area (Å²) < 4.78 is 0. The Morgan fingerprint density at radius 2 is 2.16 bits per heavy atom. The average Bonchev–Trinajstić information content (AvgIpc) is 2.74. The Labute approximate surface area is 113 Å². The Hall–Kier alpha value is -1.53. The van der Waals surface area contributed by atoms with Crippen molar-refractivity contribution in [1.29, 1.82) is 0 Å². The monoisotopic (exact) mass is 273 g/mol. The van der Waals surface area contributed by atoms with E-state index in [1.165, 1.54) is 5.01 Å². The molecule has 0 aromatic heterocycles. The molecule has 1 rings (SSSR count). The van der Waals surface area contributed by atoms with Crippen molar-refractivity contribution in [1.82, 2.24) is 5.01 Å². The molecule has 7 nitrogen and oxygen atoms in total. The predicted octanol–water partition coefficient (Wildman–Crippen LogP) is 2.17. The zero-order valence-corrected chi connectivity index (χ0v) is 12.0. The molecular formula is C12H23N3O4. The van der Waals surface area contributed by atoms with Crippen LogP contribution >= 0.6 is 0 Å². The number of aliphatic carboxylic acids is 1. The number of rotatable bonds is 5. The van der Waals surface area contributed by atoms with Crippen molar-refractivity contribution in [2.24, 2.45) is 11.2 Å². The van der Waals surface area contributed by atoms with Gasteiger partial charge < -0.3 is 15.2 Å². The van der Waals surface area contributed by atoms with Crippen molar-refractivity contribution in [3.05, 3.63) is 5.21 Å². The molecule has 0 aromatic carbocycles. The van der Waals surface area contributed by atoms with Gasteiger partial charge in [0.15, 0.2) is 0 Å². The Balaban J connectivity index is 2.55. The standard InChI is InChI=1S/C12H23N3O4/c1-5-14(12(2,3)4)15(18)13-19-10-7-6-9(8-10)11(16)17/h9-10H,5-8H2,1-4H3,(H,16,17)/b15-13-/t9-,10?/m0/s1. The normalized spacial score (nSPS) is 24.3. The van der Waals surface area contributed by atoms with E-state index in [0.717, 1.165) is 0 Å². The minimum atomic E-state index is -0.810. The number of hydrogen-bond donors (Lipinski definition) is 1. The van der Waals surface area contributed by atoms with Crippen LogP contribution in [-0.4, -0.2) is 39.2 Å². The fourth-order valence-corrected chi connectivity index (χ4v) is 2.26. The summed E-state index contributed by atoms with van der Waals surface area (Å²) in [6.07, 6.45) is 1.33. The first-order chi connectivity index (χ1) is 8.75. The van der Waals surface area contributed by atoms with E-state index in [1.807, 2.05) is 27.7 Å². The molecule has 1 fully saturated rings. The average molecular weight is 273 g/mol. The lowest BCUT2D eigenvalue weighted by Crippen LogP contribution is -2.45. The quantitative estimate of drug-likeness (QED) is 0.471. The third-order valence-electron chi connectivity index (χ3n) is 3.28. The molecule has 0 aromatic rings. The van der Waals surface area contributed by atoms with Crippen LogP contribution in [0, 0.1) is 11.1 Å². The van der Waals surface area contributed by atoms with Gasteiger partial charge in [0, 0.05) is 6.42 Å². The topological polar surface area (TPSA) is 88.2 Å². The summed E-state index contributed by atoms with van der Waals surface area (Å²) in [6, 6.07) is 0. The van der Waals surface area contributed by atoms with Crippen molar-refractivity contribution in [2.75, 3.05) is 6.54 Å². The van der Waals surface area contributed by atoms with Gasteiger partial charge in [0.05, 0.1) is 23.0 Å². The first-order valence-corrected chi connectivity index (χ1v) is 6.60. The summed E-state index contributed by atoms with van der Waals surface area (Å²) in [5.74, 6) is -1.19. The van der Waals surface area contributed by atoms with Crippen LogP contribution in [0.5, 0.6) is 0 Å². The summed E-state index contributed by atoms with van der Waals surface area (Å²) >= 11 is 0. The number of hydrazine groups is 1. The van der Waals surface area contributed by atoms with E-state index >= 15 is 0 Å². The molecule has 19 heavy (non-hydrogen) atoms. The van der Waals surface area contributed by atoms with E-state index in [9.17, 15) is 10.0 Å². The highest BCUT2D eigenvalue weighted by atomic mass is 16.7. The highest BCUT2D eigenvalue weighted by Gasteiger charge is 2.32. The minimum Gasteiger partial charge on any atom is -0.569 e.